The summed E-state index contributed by atoms with van der Waals surface area (Å²) in [7, 11) is 0. The van der Waals surface area contributed by atoms with Crippen molar-refractivity contribution in [1.82, 2.24) is 10.2 Å². The number of morpholine rings is 1. The number of nitrogens with zero attached hydrogens (tertiary/aromatic N) is 1. The molecule has 0 bridgehead atoms. The molecule has 7 heteroatoms. The summed E-state index contributed by atoms with van der Waals surface area (Å²) in [5.41, 5.74) is 1.12. The first kappa shape index (κ1) is 19.6. The van der Waals surface area contributed by atoms with E-state index in [9.17, 15) is 9.59 Å². The van der Waals surface area contributed by atoms with Crippen molar-refractivity contribution in [3.05, 3.63) is 23.8 Å². The van der Waals surface area contributed by atoms with Gasteiger partial charge in [0.25, 0.3) is 5.91 Å². The fourth-order valence-corrected chi connectivity index (χ4v) is 3.50. The largest absolute Gasteiger partial charge is 0.492 e. The minimum Gasteiger partial charge on any atom is -0.492 e. The SMILES string of the molecule is CCOc1ccc(C(=O)N2CCCCC2)cc1NC(=O)CC1COCCN1. The Morgan fingerprint density at radius 1 is 1.30 bits per heavy atom. The lowest BCUT2D eigenvalue weighted by Gasteiger charge is -2.27. The maximum absolute atomic E-state index is 12.8. The highest BCUT2D eigenvalue weighted by Gasteiger charge is 2.21. The summed E-state index contributed by atoms with van der Waals surface area (Å²) in [5, 5.41) is 6.18. The molecule has 2 heterocycles. The molecule has 0 saturated carbocycles. The maximum atomic E-state index is 12.8. The molecule has 2 N–H and O–H groups in total. The van der Waals surface area contributed by atoms with Crippen molar-refractivity contribution in [1.29, 1.82) is 0 Å². The minimum atomic E-state index is -0.124. The zero-order chi connectivity index (χ0) is 19.1. The lowest BCUT2D eigenvalue weighted by atomic mass is 10.1. The molecule has 0 radical (unpaired) electrons. The zero-order valence-electron chi connectivity index (χ0n) is 16.0. The Morgan fingerprint density at radius 2 is 2.11 bits per heavy atom. The van der Waals surface area contributed by atoms with E-state index in [4.69, 9.17) is 9.47 Å². The molecule has 2 aliphatic heterocycles. The van der Waals surface area contributed by atoms with Crippen LogP contribution < -0.4 is 15.4 Å². The molecule has 2 saturated heterocycles. The molecular formula is C20H29N3O4. The van der Waals surface area contributed by atoms with Gasteiger partial charge in [-0.05, 0) is 44.4 Å². The van der Waals surface area contributed by atoms with Crippen LogP contribution in [0.15, 0.2) is 18.2 Å². The van der Waals surface area contributed by atoms with Gasteiger partial charge >= 0.3 is 0 Å². The Balaban J connectivity index is 1.70. The molecule has 1 aromatic carbocycles. The molecule has 148 valence electrons. The van der Waals surface area contributed by atoms with E-state index in [2.05, 4.69) is 10.6 Å². The summed E-state index contributed by atoms with van der Waals surface area (Å²) >= 11 is 0. The highest BCUT2D eigenvalue weighted by atomic mass is 16.5. The van der Waals surface area contributed by atoms with Crippen molar-refractivity contribution in [2.45, 2.75) is 38.6 Å². The standard InChI is InChI=1S/C20H29N3O4/c1-2-27-18-7-6-15(20(25)23-9-4-3-5-10-23)12-17(18)22-19(24)13-16-14-26-11-8-21-16/h6-7,12,16,21H,2-5,8-11,13-14H2,1H3,(H,22,24). The van der Waals surface area contributed by atoms with E-state index in [1.165, 1.54) is 6.42 Å². The molecule has 2 aliphatic rings. The van der Waals surface area contributed by atoms with E-state index < -0.39 is 0 Å². The fraction of sp³-hybridized carbons (Fsp3) is 0.600. The van der Waals surface area contributed by atoms with Crippen LogP contribution in [0.3, 0.4) is 0 Å². The molecule has 0 aromatic heterocycles. The van der Waals surface area contributed by atoms with E-state index in [-0.39, 0.29) is 17.9 Å². The van der Waals surface area contributed by atoms with Crippen molar-refractivity contribution in [3.8, 4) is 5.75 Å². The number of nitrogens with one attached hydrogen (secondary N) is 2. The third-order valence-electron chi connectivity index (χ3n) is 4.87. The van der Waals surface area contributed by atoms with Crippen LogP contribution >= 0.6 is 0 Å². The summed E-state index contributed by atoms with van der Waals surface area (Å²) in [6.45, 7) is 5.92. The van der Waals surface area contributed by atoms with Gasteiger partial charge in [-0.1, -0.05) is 0 Å². The molecule has 1 atom stereocenters. The number of rotatable bonds is 6. The van der Waals surface area contributed by atoms with E-state index in [1.54, 1.807) is 18.2 Å². The van der Waals surface area contributed by atoms with Crippen molar-refractivity contribution in [2.75, 3.05) is 44.8 Å². The van der Waals surface area contributed by atoms with Crippen LogP contribution in [-0.2, 0) is 9.53 Å². The van der Waals surface area contributed by atoms with Gasteiger partial charge in [-0.25, -0.2) is 0 Å². The van der Waals surface area contributed by atoms with Crippen LogP contribution in [0.1, 0.15) is 43.0 Å². The quantitative estimate of drug-likeness (QED) is 0.795. The summed E-state index contributed by atoms with van der Waals surface area (Å²) < 4.78 is 11.0. The number of hydrogen-bond acceptors (Lipinski definition) is 5. The van der Waals surface area contributed by atoms with Crippen LogP contribution in [0, 0.1) is 0 Å². The van der Waals surface area contributed by atoms with Crippen molar-refractivity contribution in [3.63, 3.8) is 0 Å². The van der Waals surface area contributed by atoms with Gasteiger partial charge in [-0.3, -0.25) is 9.59 Å². The average molecular weight is 375 g/mol. The van der Waals surface area contributed by atoms with Gasteiger partial charge in [0, 0.05) is 37.7 Å². The molecule has 3 rings (SSSR count). The van der Waals surface area contributed by atoms with Crippen molar-refractivity contribution < 1.29 is 19.1 Å². The highest BCUT2D eigenvalue weighted by molar-refractivity contribution is 5.98. The minimum absolute atomic E-state index is 0.00691. The molecule has 27 heavy (non-hydrogen) atoms. The second-order valence-electron chi connectivity index (χ2n) is 6.98. The third kappa shape index (κ3) is 5.43. The number of hydrogen-bond donors (Lipinski definition) is 2. The Bertz CT molecular complexity index is 653. The number of likely N-dealkylation sites (tertiary alicyclic amines) is 1. The molecule has 1 unspecified atom stereocenters. The van der Waals surface area contributed by atoms with Crippen LogP contribution in [0.25, 0.3) is 0 Å². The molecule has 0 aliphatic carbocycles. The highest BCUT2D eigenvalue weighted by Crippen LogP contribution is 2.27. The predicted molar refractivity (Wildman–Crippen MR) is 103 cm³/mol. The van der Waals surface area contributed by atoms with E-state index in [0.29, 0.717) is 43.2 Å². The number of piperidine rings is 1. The maximum Gasteiger partial charge on any atom is 0.253 e. The Labute approximate surface area is 160 Å². The van der Waals surface area contributed by atoms with Crippen molar-refractivity contribution in [2.24, 2.45) is 0 Å². The average Bonchev–Trinajstić information content (AvgIpc) is 2.70. The van der Waals surface area contributed by atoms with E-state index in [1.807, 2.05) is 11.8 Å². The molecule has 7 nitrogen and oxygen atoms in total. The predicted octanol–water partition coefficient (Wildman–Crippen LogP) is 2.03. The number of amides is 2. The number of carbonyl (C=O) groups is 2. The lowest BCUT2D eigenvalue weighted by Crippen LogP contribution is -2.43. The molecule has 1 aromatic rings. The topological polar surface area (TPSA) is 79.9 Å². The Hall–Kier alpha value is -2.12. The molecule has 2 fully saturated rings. The van der Waals surface area contributed by atoms with Crippen LogP contribution in [0.2, 0.25) is 0 Å². The smallest absolute Gasteiger partial charge is 0.253 e. The van der Waals surface area contributed by atoms with Crippen LogP contribution in [-0.4, -0.2) is 62.2 Å². The van der Waals surface area contributed by atoms with Gasteiger partial charge in [0.1, 0.15) is 5.75 Å². The molecule has 0 spiro atoms. The van der Waals surface area contributed by atoms with Gasteiger partial charge in [-0.15, -0.1) is 0 Å². The lowest BCUT2D eigenvalue weighted by molar-refractivity contribution is -0.117. The fourth-order valence-electron chi connectivity index (χ4n) is 3.50. The van der Waals surface area contributed by atoms with Crippen molar-refractivity contribution >= 4 is 17.5 Å². The van der Waals surface area contributed by atoms with Gasteiger partial charge in [0.05, 0.1) is 25.5 Å². The molecule has 2 amide bonds. The normalized spacial score (nSPS) is 20.2. The Morgan fingerprint density at radius 3 is 2.81 bits per heavy atom. The first-order valence-corrected chi connectivity index (χ1v) is 9.84. The van der Waals surface area contributed by atoms with Gasteiger partial charge in [0.15, 0.2) is 0 Å². The second kappa shape index (κ2) is 9.71. The summed E-state index contributed by atoms with van der Waals surface area (Å²) in [6, 6.07) is 5.27. The van der Waals surface area contributed by atoms with E-state index >= 15 is 0 Å². The number of ether oxygens (including phenoxy) is 2. The third-order valence-corrected chi connectivity index (χ3v) is 4.87. The number of carbonyl (C=O) groups excluding carboxylic acids is 2. The first-order chi connectivity index (χ1) is 13.2. The van der Waals surface area contributed by atoms with Crippen LogP contribution in [0.4, 0.5) is 5.69 Å². The Kier molecular flexibility index (Phi) is 7.06. The zero-order valence-corrected chi connectivity index (χ0v) is 16.0. The van der Waals surface area contributed by atoms with Gasteiger partial charge in [0.2, 0.25) is 5.91 Å². The monoisotopic (exact) mass is 375 g/mol. The summed E-state index contributed by atoms with van der Waals surface area (Å²) in [5.74, 6) is 0.464. The van der Waals surface area contributed by atoms with Gasteiger partial charge < -0.3 is 25.0 Å². The molecular weight excluding hydrogens is 346 g/mol. The summed E-state index contributed by atoms with van der Waals surface area (Å²) in [6.07, 6.45) is 3.58. The van der Waals surface area contributed by atoms with E-state index in [0.717, 1.165) is 32.5 Å². The van der Waals surface area contributed by atoms with Gasteiger partial charge in [-0.2, -0.15) is 0 Å². The van der Waals surface area contributed by atoms with Crippen LogP contribution in [0.5, 0.6) is 5.75 Å². The second-order valence-corrected chi connectivity index (χ2v) is 6.98. The number of anilines is 1. The first-order valence-electron chi connectivity index (χ1n) is 9.84. The summed E-state index contributed by atoms with van der Waals surface area (Å²) in [4.78, 5) is 27.1. The number of benzene rings is 1.